The number of hydrogen-bond donors (Lipinski definition) is 2. The first kappa shape index (κ1) is 9.15. The fourth-order valence-corrected chi connectivity index (χ4v) is 0.931. The van der Waals surface area contributed by atoms with E-state index in [0.717, 1.165) is 12.3 Å². The number of aromatic nitrogens is 3. The molecule has 0 aliphatic rings. The number of aromatic amines is 1. The normalized spacial score (nSPS) is 13.2. The quantitative estimate of drug-likeness (QED) is 0.658. The highest BCUT2D eigenvalue weighted by molar-refractivity contribution is 4.98. The topological polar surface area (TPSA) is 62.8 Å². The Morgan fingerprint density at radius 2 is 2.58 bits per heavy atom. The predicted molar refractivity (Wildman–Crippen MR) is 44.7 cm³/mol. The van der Waals surface area contributed by atoms with Gasteiger partial charge in [0.25, 0.3) is 0 Å². The van der Waals surface area contributed by atoms with Gasteiger partial charge >= 0.3 is 0 Å². The van der Waals surface area contributed by atoms with Crippen molar-refractivity contribution in [3.8, 4) is 0 Å². The molecule has 1 atom stereocenters. The van der Waals surface area contributed by atoms with E-state index in [-0.39, 0.29) is 6.04 Å². The second-order valence-corrected chi connectivity index (χ2v) is 2.40. The van der Waals surface area contributed by atoms with Gasteiger partial charge in [-0.3, -0.25) is 0 Å². The summed E-state index contributed by atoms with van der Waals surface area (Å²) in [6, 6.07) is 0.128. The summed E-state index contributed by atoms with van der Waals surface area (Å²) in [6.45, 7) is 3.31. The molecule has 0 bridgehead atoms. The van der Waals surface area contributed by atoms with Crippen LogP contribution in [-0.4, -0.2) is 35.7 Å². The molecule has 1 unspecified atom stereocenters. The molecule has 0 amide bonds. The van der Waals surface area contributed by atoms with E-state index in [0.29, 0.717) is 6.61 Å². The zero-order valence-electron chi connectivity index (χ0n) is 7.37. The van der Waals surface area contributed by atoms with Crippen LogP contribution < -0.4 is 5.32 Å². The maximum atomic E-state index is 5.27. The van der Waals surface area contributed by atoms with Gasteiger partial charge in [0.1, 0.15) is 5.69 Å². The maximum absolute atomic E-state index is 5.27. The van der Waals surface area contributed by atoms with Gasteiger partial charge in [0.05, 0.1) is 18.8 Å². The van der Waals surface area contributed by atoms with Gasteiger partial charge < -0.3 is 10.1 Å². The smallest absolute Gasteiger partial charge is 0.102 e. The Morgan fingerprint density at radius 3 is 3.08 bits per heavy atom. The third-order valence-electron chi connectivity index (χ3n) is 1.63. The summed E-state index contributed by atoms with van der Waals surface area (Å²) < 4.78 is 5.27. The van der Waals surface area contributed by atoms with E-state index in [9.17, 15) is 0 Å². The van der Waals surface area contributed by atoms with Crippen molar-refractivity contribution in [2.75, 3.05) is 20.3 Å². The Hall–Kier alpha value is -0.940. The van der Waals surface area contributed by atoms with Crippen LogP contribution in [0, 0.1) is 0 Å². The monoisotopic (exact) mass is 170 g/mol. The largest absolute Gasteiger partial charge is 0.380 e. The number of H-pyrrole nitrogens is 1. The molecule has 0 saturated heterocycles. The Labute approximate surface area is 71.5 Å². The predicted octanol–water partition coefficient (Wildman–Crippen LogP) is 0.102. The Balaban J connectivity index is 2.45. The maximum Gasteiger partial charge on any atom is 0.102 e. The van der Waals surface area contributed by atoms with Crippen molar-refractivity contribution in [2.45, 2.75) is 13.0 Å². The van der Waals surface area contributed by atoms with Crippen LogP contribution in [0.15, 0.2) is 6.20 Å². The zero-order valence-corrected chi connectivity index (χ0v) is 7.37. The SMILES string of the molecule is CCOCC(NC)c1cn[nH]n1. The van der Waals surface area contributed by atoms with Gasteiger partial charge in [0.15, 0.2) is 0 Å². The van der Waals surface area contributed by atoms with Gasteiger partial charge in [0, 0.05) is 6.61 Å². The van der Waals surface area contributed by atoms with Crippen molar-refractivity contribution < 1.29 is 4.74 Å². The summed E-state index contributed by atoms with van der Waals surface area (Å²) in [5.41, 5.74) is 0.881. The summed E-state index contributed by atoms with van der Waals surface area (Å²) in [6.07, 6.45) is 1.69. The van der Waals surface area contributed by atoms with E-state index in [1.54, 1.807) is 6.20 Å². The molecule has 1 heterocycles. The van der Waals surface area contributed by atoms with Gasteiger partial charge in [0.2, 0.25) is 0 Å². The van der Waals surface area contributed by atoms with Crippen molar-refractivity contribution in [1.82, 2.24) is 20.7 Å². The molecule has 0 saturated carbocycles. The molecule has 0 aliphatic heterocycles. The Kier molecular flexibility index (Phi) is 3.69. The van der Waals surface area contributed by atoms with Crippen LogP contribution in [-0.2, 0) is 4.74 Å². The minimum atomic E-state index is 0.128. The van der Waals surface area contributed by atoms with Gasteiger partial charge in [-0.05, 0) is 14.0 Å². The van der Waals surface area contributed by atoms with E-state index in [4.69, 9.17) is 4.74 Å². The van der Waals surface area contributed by atoms with Gasteiger partial charge in [-0.1, -0.05) is 0 Å². The van der Waals surface area contributed by atoms with Crippen LogP contribution in [0.5, 0.6) is 0 Å². The second-order valence-electron chi connectivity index (χ2n) is 2.40. The van der Waals surface area contributed by atoms with Crippen molar-refractivity contribution in [3.63, 3.8) is 0 Å². The molecule has 0 fully saturated rings. The van der Waals surface area contributed by atoms with Gasteiger partial charge in [-0.2, -0.15) is 15.4 Å². The highest BCUT2D eigenvalue weighted by Crippen LogP contribution is 2.06. The van der Waals surface area contributed by atoms with E-state index in [1.807, 2.05) is 14.0 Å². The van der Waals surface area contributed by atoms with Crippen LogP contribution in [0.25, 0.3) is 0 Å². The molecule has 0 aromatic carbocycles. The first-order chi connectivity index (χ1) is 5.88. The lowest BCUT2D eigenvalue weighted by molar-refractivity contribution is 0.124. The number of ether oxygens (including phenoxy) is 1. The number of likely N-dealkylation sites (N-methyl/N-ethyl adjacent to an activating group) is 1. The lowest BCUT2D eigenvalue weighted by atomic mass is 10.2. The van der Waals surface area contributed by atoms with Gasteiger partial charge in [-0.15, -0.1) is 0 Å². The summed E-state index contributed by atoms with van der Waals surface area (Å²) >= 11 is 0. The number of nitrogens with one attached hydrogen (secondary N) is 2. The average Bonchev–Trinajstić information content (AvgIpc) is 2.59. The van der Waals surface area contributed by atoms with Crippen LogP contribution in [0.2, 0.25) is 0 Å². The van der Waals surface area contributed by atoms with Crippen molar-refractivity contribution in [1.29, 1.82) is 0 Å². The Bertz CT molecular complexity index is 199. The summed E-state index contributed by atoms with van der Waals surface area (Å²) in [5.74, 6) is 0. The molecule has 2 N–H and O–H groups in total. The molecule has 1 aromatic rings. The Morgan fingerprint density at radius 1 is 1.75 bits per heavy atom. The summed E-state index contributed by atoms with van der Waals surface area (Å²) in [4.78, 5) is 0. The lowest BCUT2D eigenvalue weighted by Crippen LogP contribution is -2.22. The molecule has 1 rings (SSSR count). The molecule has 12 heavy (non-hydrogen) atoms. The summed E-state index contributed by atoms with van der Waals surface area (Å²) in [7, 11) is 1.87. The third kappa shape index (κ3) is 2.28. The molecule has 0 radical (unpaired) electrons. The van der Waals surface area contributed by atoms with Crippen LogP contribution in [0.4, 0.5) is 0 Å². The lowest BCUT2D eigenvalue weighted by Gasteiger charge is -2.11. The molecule has 0 spiro atoms. The fourth-order valence-electron chi connectivity index (χ4n) is 0.931. The molecule has 1 aromatic heterocycles. The van der Waals surface area contributed by atoms with E-state index < -0.39 is 0 Å². The van der Waals surface area contributed by atoms with Crippen LogP contribution in [0.3, 0.4) is 0 Å². The zero-order chi connectivity index (χ0) is 8.81. The average molecular weight is 170 g/mol. The van der Waals surface area contributed by atoms with E-state index in [2.05, 4.69) is 20.7 Å². The first-order valence-corrected chi connectivity index (χ1v) is 3.99. The van der Waals surface area contributed by atoms with E-state index in [1.165, 1.54) is 0 Å². The van der Waals surface area contributed by atoms with Crippen LogP contribution >= 0.6 is 0 Å². The molecular weight excluding hydrogens is 156 g/mol. The minimum Gasteiger partial charge on any atom is -0.380 e. The fraction of sp³-hybridized carbons (Fsp3) is 0.714. The van der Waals surface area contributed by atoms with Crippen LogP contribution in [0.1, 0.15) is 18.7 Å². The second kappa shape index (κ2) is 4.84. The number of hydrogen-bond acceptors (Lipinski definition) is 4. The highest BCUT2D eigenvalue weighted by atomic mass is 16.5. The van der Waals surface area contributed by atoms with E-state index >= 15 is 0 Å². The molecular formula is C7H14N4O. The molecule has 0 aliphatic carbocycles. The van der Waals surface area contributed by atoms with Crippen molar-refractivity contribution in [2.24, 2.45) is 0 Å². The highest BCUT2D eigenvalue weighted by Gasteiger charge is 2.10. The molecule has 68 valence electrons. The van der Waals surface area contributed by atoms with Crippen molar-refractivity contribution in [3.05, 3.63) is 11.9 Å². The summed E-state index contributed by atoms with van der Waals surface area (Å²) in [5, 5.41) is 13.3. The van der Waals surface area contributed by atoms with Crippen molar-refractivity contribution >= 4 is 0 Å². The minimum absolute atomic E-state index is 0.128. The number of rotatable bonds is 5. The molecule has 5 heteroatoms. The first-order valence-electron chi connectivity index (χ1n) is 3.99. The van der Waals surface area contributed by atoms with Gasteiger partial charge in [-0.25, -0.2) is 0 Å². The molecule has 5 nitrogen and oxygen atoms in total. The standard InChI is InChI=1S/C7H14N4O/c1-3-12-5-7(8-2)6-4-9-11-10-6/h4,7-8H,3,5H2,1-2H3,(H,9,10,11). The third-order valence-corrected chi connectivity index (χ3v) is 1.63. The number of nitrogens with zero attached hydrogens (tertiary/aromatic N) is 2.